The molecule has 0 saturated carbocycles. The van der Waals surface area contributed by atoms with E-state index in [4.69, 9.17) is 11.6 Å². The number of hydrogen-bond acceptors (Lipinski definition) is 3. The highest BCUT2D eigenvalue weighted by Gasteiger charge is 2.16. The molecule has 1 amide bonds. The van der Waals surface area contributed by atoms with E-state index in [0.29, 0.717) is 17.1 Å². The fourth-order valence-electron chi connectivity index (χ4n) is 1.86. The number of amides is 1. The number of benzene rings is 1. The van der Waals surface area contributed by atoms with Crippen molar-refractivity contribution in [2.24, 2.45) is 7.05 Å². The molecule has 0 saturated heterocycles. The standard InChI is InChI=1S/C14H16ClN3OS/c1-17(9-10-6-7-18(2)16-10)14(19)12-8-11(20-3)4-5-13(12)15/h4-8H,9H2,1-3H3. The van der Waals surface area contributed by atoms with Crippen LogP contribution in [-0.4, -0.2) is 33.9 Å². The molecule has 0 unspecified atom stereocenters. The fraction of sp³-hybridized carbons (Fsp3) is 0.286. The molecule has 1 heterocycles. The lowest BCUT2D eigenvalue weighted by Crippen LogP contribution is -2.26. The molecule has 106 valence electrons. The summed E-state index contributed by atoms with van der Waals surface area (Å²) < 4.78 is 1.72. The maximum Gasteiger partial charge on any atom is 0.255 e. The van der Waals surface area contributed by atoms with Crippen molar-refractivity contribution in [3.8, 4) is 0 Å². The molecule has 0 fully saturated rings. The fourth-order valence-corrected chi connectivity index (χ4v) is 2.50. The lowest BCUT2D eigenvalue weighted by Gasteiger charge is -2.17. The predicted molar refractivity (Wildman–Crippen MR) is 82.2 cm³/mol. The molecular weight excluding hydrogens is 294 g/mol. The number of carbonyl (C=O) groups excluding carboxylic acids is 1. The number of nitrogens with zero attached hydrogens (tertiary/aromatic N) is 3. The van der Waals surface area contributed by atoms with Gasteiger partial charge in [0, 0.05) is 25.2 Å². The summed E-state index contributed by atoms with van der Waals surface area (Å²) in [7, 11) is 3.60. The van der Waals surface area contributed by atoms with Crippen LogP contribution in [-0.2, 0) is 13.6 Å². The SMILES string of the molecule is CSc1ccc(Cl)c(C(=O)N(C)Cc2ccn(C)n2)c1. The molecule has 2 rings (SSSR count). The molecule has 0 atom stereocenters. The number of aromatic nitrogens is 2. The highest BCUT2D eigenvalue weighted by Crippen LogP contribution is 2.24. The molecule has 1 aromatic carbocycles. The van der Waals surface area contributed by atoms with Gasteiger partial charge in [0.25, 0.3) is 5.91 Å². The molecule has 0 radical (unpaired) electrons. The average Bonchev–Trinajstić information content (AvgIpc) is 2.84. The third kappa shape index (κ3) is 3.35. The third-order valence-corrected chi connectivity index (χ3v) is 3.97. The number of hydrogen-bond donors (Lipinski definition) is 0. The molecule has 1 aromatic heterocycles. The Balaban J connectivity index is 2.17. The van der Waals surface area contributed by atoms with Crippen molar-refractivity contribution in [1.29, 1.82) is 0 Å². The quantitative estimate of drug-likeness (QED) is 0.815. The highest BCUT2D eigenvalue weighted by molar-refractivity contribution is 7.98. The van der Waals surface area contributed by atoms with E-state index in [0.717, 1.165) is 10.6 Å². The molecule has 0 bridgehead atoms. The third-order valence-electron chi connectivity index (χ3n) is 2.92. The van der Waals surface area contributed by atoms with Gasteiger partial charge in [-0.1, -0.05) is 11.6 Å². The Kier molecular flexibility index (Phi) is 4.73. The van der Waals surface area contributed by atoms with Crippen molar-refractivity contribution in [3.05, 3.63) is 46.7 Å². The van der Waals surface area contributed by atoms with Gasteiger partial charge in [0.05, 0.1) is 22.8 Å². The minimum Gasteiger partial charge on any atom is -0.336 e. The number of rotatable bonds is 4. The van der Waals surface area contributed by atoms with Crippen molar-refractivity contribution in [1.82, 2.24) is 14.7 Å². The van der Waals surface area contributed by atoms with Crippen LogP contribution in [0.2, 0.25) is 5.02 Å². The van der Waals surface area contributed by atoms with E-state index >= 15 is 0 Å². The summed E-state index contributed by atoms with van der Waals surface area (Å²) in [6, 6.07) is 7.38. The van der Waals surface area contributed by atoms with Gasteiger partial charge in [0.15, 0.2) is 0 Å². The van der Waals surface area contributed by atoms with Crippen LogP contribution in [0.25, 0.3) is 0 Å². The van der Waals surface area contributed by atoms with Crippen LogP contribution in [0.15, 0.2) is 35.4 Å². The first-order valence-corrected chi connectivity index (χ1v) is 7.69. The van der Waals surface area contributed by atoms with E-state index in [2.05, 4.69) is 5.10 Å². The maximum absolute atomic E-state index is 12.4. The molecular formula is C14H16ClN3OS. The van der Waals surface area contributed by atoms with Crippen LogP contribution in [0.1, 0.15) is 16.1 Å². The Labute approximate surface area is 127 Å². The second-order valence-electron chi connectivity index (χ2n) is 4.49. The highest BCUT2D eigenvalue weighted by atomic mass is 35.5. The van der Waals surface area contributed by atoms with Gasteiger partial charge in [-0.2, -0.15) is 5.10 Å². The minimum atomic E-state index is -0.100. The molecule has 0 aliphatic carbocycles. The van der Waals surface area contributed by atoms with Gasteiger partial charge in [0.2, 0.25) is 0 Å². The summed E-state index contributed by atoms with van der Waals surface area (Å²) in [5.74, 6) is -0.100. The van der Waals surface area contributed by atoms with E-state index in [-0.39, 0.29) is 5.91 Å². The monoisotopic (exact) mass is 309 g/mol. The van der Waals surface area contributed by atoms with Crippen LogP contribution < -0.4 is 0 Å². The summed E-state index contributed by atoms with van der Waals surface area (Å²) in [5, 5.41) is 4.74. The molecule has 2 aromatic rings. The zero-order valence-corrected chi connectivity index (χ0v) is 13.2. The Morgan fingerprint density at radius 1 is 1.45 bits per heavy atom. The van der Waals surface area contributed by atoms with Crippen LogP contribution in [0, 0.1) is 0 Å². The molecule has 0 N–H and O–H groups in total. The van der Waals surface area contributed by atoms with Crippen LogP contribution in [0.3, 0.4) is 0 Å². The summed E-state index contributed by atoms with van der Waals surface area (Å²) >= 11 is 7.71. The lowest BCUT2D eigenvalue weighted by molar-refractivity contribution is 0.0783. The van der Waals surface area contributed by atoms with E-state index in [1.54, 1.807) is 34.5 Å². The largest absolute Gasteiger partial charge is 0.336 e. The Hall–Kier alpha value is -1.46. The molecule has 20 heavy (non-hydrogen) atoms. The van der Waals surface area contributed by atoms with Gasteiger partial charge < -0.3 is 4.90 Å². The first-order chi connectivity index (χ1) is 9.51. The molecule has 0 aliphatic heterocycles. The van der Waals surface area contributed by atoms with Crippen molar-refractivity contribution in [3.63, 3.8) is 0 Å². The number of aryl methyl sites for hydroxylation is 1. The van der Waals surface area contributed by atoms with Gasteiger partial charge in [-0.25, -0.2) is 0 Å². The van der Waals surface area contributed by atoms with Crippen LogP contribution >= 0.6 is 23.4 Å². The maximum atomic E-state index is 12.4. The first-order valence-electron chi connectivity index (χ1n) is 6.09. The number of thioether (sulfide) groups is 1. The lowest BCUT2D eigenvalue weighted by atomic mass is 10.2. The van der Waals surface area contributed by atoms with Gasteiger partial charge in [-0.15, -0.1) is 11.8 Å². The smallest absolute Gasteiger partial charge is 0.255 e. The van der Waals surface area contributed by atoms with Gasteiger partial charge in [-0.05, 0) is 30.5 Å². The summed E-state index contributed by atoms with van der Waals surface area (Å²) in [6.45, 7) is 0.458. The van der Waals surface area contributed by atoms with E-state index in [9.17, 15) is 4.79 Å². The summed E-state index contributed by atoms with van der Waals surface area (Å²) in [4.78, 5) is 15.1. The summed E-state index contributed by atoms with van der Waals surface area (Å²) in [5.41, 5.74) is 1.37. The Morgan fingerprint density at radius 2 is 2.20 bits per heavy atom. The van der Waals surface area contributed by atoms with Crippen molar-refractivity contribution < 1.29 is 4.79 Å². The zero-order valence-electron chi connectivity index (χ0n) is 11.6. The molecule has 0 spiro atoms. The van der Waals surface area contributed by atoms with Gasteiger partial charge in [-0.3, -0.25) is 9.48 Å². The van der Waals surface area contributed by atoms with E-state index in [1.807, 2.05) is 37.7 Å². The minimum absolute atomic E-state index is 0.100. The zero-order chi connectivity index (χ0) is 14.7. The topological polar surface area (TPSA) is 38.1 Å². The number of carbonyl (C=O) groups is 1. The normalized spacial score (nSPS) is 10.6. The van der Waals surface area contributed by atoms with E-state index < -0.39 is 0 Å². The van der Waals surface area contributed by atoms with Crippen molar-refractivity contribution in [2.45, 2.75) is 11.4 Å². The van der Waals surface area contributed by atoms with E-state index in [1.165, 1.54) is 0 Å². The molecule has 6 heteroatoms. The van der Waals surface area contributed by atoms with Crippen LogP contribution in [0.4, 0.5) is 0 Å². The predicted octanol–water partition coefficient (Wildman–Crippen LogP) is 3.07. The van der Waals surface area contributed by atoms with Gasteiger partial charge in [0.1, 0.15) is 0 Å². The second kappa shape index (κ2) is 6.33. The van der Waals surface area contributed by atoms with Crippen molar-refractivity contribution in [2.75, 3.05) is 13.3 Å². The Morgan fingerprint density at radius 3 is 2.80 bits per heavy atom. The summed E-state index contributed by atoms with van der Waals surface area (Å²) in [6.07, 6.45) is 3.82. The van der Waals surface area contributed by atoms with Crippen LogP contribution in [0.5, 0.6) is 0 Å². The second-order valence-corrected chi connectivity index (χ2v) is 5.77. The molecule has 0 aliphatic rings. The first kappa shape index (κ1) is 14.9. The Bertz CT molecular complexity index is 627. The number of halogens is 1. The molecule has 4 nitrogen and oxygen atoms in total. The average molecular weight is 310 g/mol. The van der Waals surface area contributed by atoms with Crippen molar-refractivity contribution >= 4 is 29.3 Å². The van der Waals surface area contributed by atoms with Gasteiger partial charge >= 0.3 is 0 Å².